The summed E-state index contributed by atoms with van der Waals surface area (Å²) >= 11 is 0. The minimum atomic E-state index is 0.217. The van der Waals surface area contributed by atoms with E-state index < -0.39 is 0 Å². The third-order valence-corrected chi connectivity index (χ3v) is 3.36. The quantitative estimate of drug-likeness (QED) is 0.813. The lowest BCUT2D eigenvalue weighted by molar-refractivity contribution is -0.118. The van der Waals surface area contributed by atoms with E-state index in [1.165, 1.54) is 16.3 Å². The SMILES string of the molecule is CC(=O)CN(Cc1ccc2ccccc2c1)C(C)C. The first-order valence-corrected chi connectivity index (χ1v) is 6.77. The molecule has 100 valence electrons. The third-order valence-electron chi connectivity index (χ3n) is 3.36. The van der Waals surface area contributed by atoms with Gasteiger partial charge in [0.2, 0.25) is 0 Å². The molecule has 2 heteroatoms. The highest BCUT2D eigenvalue weighted by Gasteiger charge is 2.12. The molecule has 0 aliphatic heterocycles. The number of benzene rings is 2. The molecule has 0 aliphatic rings. The Bertz CT molecular complexity index is 574. The van der Waals surface area contributed by atoms with Crippen molar-refractivity contribution in [1.29, 1.82) is 0 Å². The van der Waals surface area contributed by atoms with E-state index in [0.29, 0.717) is 12.6 Å². The minimum absolute atomic E-state index is 0.217. The second-order valence-corrected chi connectivity index (χ2v) is 5.38. The second kappa shape index (κ2) is 5.98. The van der Waals surface area contributed by atoms with Crippen LogP contribution in [0.25, 0.3) is 10.8 Å². The molecular formula is C17H21NO. The van der Waals surface area contributed by atoms with Crippen LogP contribution in [0, 0.1) is 0 Å². The van der Waals surface area contributed by atoms with E-state index in [4.69, 9.17) is 0 Å². The van der Waals surface area contributed by atoms with Gasteiger partial charge in [-0.3, -0.25) is 9.69 Å². The Kier molecular flexibility index (Phi) is 4.33. The van der Waals surface area contributed by atoms with Crippen molar-refractivity contribution in [3.05, 3.63) is 48.0 Å². The van der Waals surface area contributed by atoms with E-state index in [1.807, 2.05) is 0 Å². The molecule has 2 aromatic carbocycles. The Morgan fingerprint density at radius 3 is 2.42 bits per heavy atom. The van der Waals surface area contributed by atoms with Gasteiger partial charge in [0.05, 0.1) is 6.54 Å². The first-order chi connectivity index (χ1) is 9.06. The molecular weight excluding hydrogens is 234 g/mol. The van der Waals surface area contributed by atoms with Crippen LogP contribution in [-0.2, 0) is 11.3 Å². The Morgan fingerprint density at radius 1 is 1.11 bits per heavy atom. The summed E-state index contributed by atoms with van der Waals surface area (Å²) < 4.78 is 0. The summed E-state index contributed by atoms with van der Waals surface area (Å²) in [5, 5.41) is 2.51. The topological polar surface area (TPSA) is 20.3 Å². The molecule has 19 heavy (non-hydrogen) atoms. The lowest BCUT2D eigenvalue weighted by Crippen LogP contribution is -2.34. The highest BCUT2D eigenvalue weighted by Crippen LogP contribution is 2.17. The molecule has 2 aromatic rings. The number of ketones is 1. The molecule has 0 saturated heterocycles. The van der Waals surface area contributed by atoms with Crippen molar-refractivity contribution in [3.8, 4) is 0 Å². The minimum Gasteiger partial charge on any atom is -0.299 e. The van der Waals surface area contributed by atoms with Crippen molar-refractivity contribution in [2.24, 2.45) is 0 Å². The van der Waals surface area contributed by atoms with Gasteiger partial charge in [-0.25, -0.2) is 0 Å². The standard InChI is InChI=1S/C17H21NO/c1-13(2)18(11-14(3)19)12-15-8-9-16-6-4-5-7-17(16)10-15/h4-10,13H,11-12H2,1-3H3. The molecule has 2 rings (SSSR count). The molecule has 0 spiro atoms. The van der Waals surface area contributed by atoms with Crippen LogP contribution < -0.4 is 0 Å². The average molecular weight is 255 g/mol. The molecule has 0 aromatic heterocycles. The van der Waals surface area contributed by atoms with Crippen molar-refractivity contribution in [2.45, 2.75) is 33.4 Å². The summed E-state index contributed by atoms with van der Waals surface area (Å²) in [5.41, 5.74) is 1.26. The third kappa shape index (κ3) is 3.65. The molecule has 0 bridgehead atoms. The van der Waals surface area contributed by atoms with Crippen molar-refractivity contribution < 1.29 is 4.79 Å². The fourth-order valence-electron chi connectivity index (χ4n) is 2.28. The first-order valence-electron chi connectivity index (χ1n) is 6.77. The number of hydrogen-bond donors (Lipinski definition) is 0. The Balaban J connectivity index is 2.21. The largest absolute Gasteiger partial charge is 0.299 e. The number of rotatable bonds is 5. The predicted octanol–water partition coefficient (Wildman–Crippen LogP) is 3.64. The lowest BCUT2D eigenvalue weighted by Gasteiger charge is -2.25. The van der Waals surface area contributed by atoms with Gasteiger partial charge in [-0.2, -0.15) is 0 Å². The maximum atomic E-state index is 11.3. The van der Waals surface area contributed by atoms with Gasteiger partial charge in [-0.05, 0) is 43.2 Å². The van der Waals surface area contributed by atoms with E-state index in [1.54, 1.807) is 6.92 Å². The molecule has 0 fully saturated rings. The van der Waals surface area contributed by atoms with Crippen LogP contribution in [-0.4, -0.2) is 23.3 Å². The van der Waals surface area contributed by atoms with Gasteiger partial charge in [-0.15, -0.1) is 0 Å². The van der Waals surface area contributed by atoms with Crippen molar-refractivity contribution in [1.82, 2.24) is 4.90 Å². The number of Topliss-reactive ketones (excluding diaryl/α,β-unsaturated/α-hetero) is 1. The summed E-state index contributed by atoms with van der Waals surface area (Å²) in [6.45, 7) is 7.25. The molecule has 0 amide bonds. The summed E-state index contributed by atoms with van der Waals surface area (Å²) in [4.78, 5) is 13.5. The van der Waals surface area contributed by atoms with Crippen LogP contribution in [0.2, 0.25) is 0 Å². The van der Waals surface area contributed by atoms with E-state index in [2.05, 4.69) is 61.2 Å². The molecule has 0 aliphatic carbocycles. The summed E-state index contributed by atoms with van der Waals surface area (Å²) in [7, 11) is 0. The van der Waals surface area contributed by atoms with Gasteiger partial charge < -0.3 is 0 Å². The Labute approximate surface area is 115 Å². The fourth-order valence-corrected chi connectivity index (χ4v) is 2.28. The van der Waals surface area contributed by atoms with Gasteiger partial charge in [0.15, 0.2) is 0 Å². The second-order valence-electron chi connectivity index (χ2n) is 5.38. The smallest absolute Gasteiger partial charge is 0.143 e. The maximum absolute atomic E-state index is 11.3. The van der Waals surface area contributed by atoms with Crippen LogP contribution in [0.4, 0.5) is 0 Å². The van der Waals surface area contributed by atoms with E-state index in [9.17, 15) is 4.79 Å². The van der Waals surface area contributed by atoms with Crippen LogP contribution in [0.3, 0.4) is 0 Å². The van der Waals surface area contributed by atoms with E-state index in [-0.39, 0.29) is 5.78 Å². The maximum Gasteiger partial charge on any atom is 0.143 e. The van der Waals surface area contributed by atoms with Gasteiger partial charge in [-0.1, -0.05) is 36.4 Å². The van der Waals surface area contributed by atoms with Gasteiger partial charge in [0, 0.05) is 12.6 Å². The molecule has 0 heterocycles. The Morgan fingerprint density at radius 2 is 1.79 bits per heavy atom. The summed E-state index contributed by atoms with van der Waals surface area (Å²) in [6, 6.07) is 15.2. The highest BCUT2D eigenvalue weighted by atomic mass is 16.1. The van der Waals surface area contributed by atoms with E-state index in [0.717, 1.165) is 6.54 Å². The number of fused-ring (bicyclic) bond motifs is 1. The average Bonchev–Trinajstić information content (AvgIpc) is 2.37. The zero-order chi connectivity index (χ0) is 13.8. The normalized spacial score (nSPS) is 11.4. The van der Waals surface area contributed by atoms with Gasteiger partial charge in [0.1, 0.15) is 5.78 Å². The molecule has 0 radical (unpaired) electrons. The number of nitrogens with zero attached hydrogens (tertiary/aromatic N) is 1. The number of carbonyl (C=O) groups excluding carboxylic acids is 1. The van der Waals surface area contributed by atoms with Crippen LogP contribution in [0.1, 0.15) is 26.3 Å². The molecule has 0 saturated carbocycles. The van der Waals surface area contributed by atoms with Crippen LogP contribution in [0.15, 0.2) is 42.5 Å². The number of carbonyl (C=O) groups is 1. The summed E-state index contributed by atoms with van der Waals surface area (Å²) in [5.74, 6) is 0.217. The fraction of sp³-hybridized carbons (Fsp3) is 0.353. The van der Waals surface area contributed by atoms with E-state index >= 15 is 0 Å². The van der Waals surface area contributed by atoms with Crippen LogP contribution in [0.5, 0.6) is 0 Å². The number of hydrogen-bond acceptors (Lipinski definition) is 2. The Hall–Kier alpha value is -1.67. The van der Waals surface area contributed by atoms with Crippen molar-refractivity contribution >= 4 is 16.6 Å². The molecule has 2 nitrogen and oxygen atoms in total. The van der Waals surface area contributed by atoms with Gasteiger partial charge >= 0.3 is 0 Å². The lowest BCUT2D eigenvalue weighted by atomic mass is 10.1. The first kappa shape index (κ1) is 13.8. The van der Waals surface area contributed by atoms with Gasteiger partial charge in [0.25, 0.3) is 0 Å². The molecule has 0 atom stereocenters. The zero-order valence-corrected chi connectivity index (χ0v) is 11.9. The summed E-state index contributed by atoms with van der Waals surface area (Å²) in [6.07, 6.45) is 0. The zero-order valence-electron chi connectivity index (χ0n) is 11.9. The van der Waals surface area contributed by atoms with Crippen molar-refractivity contribution in [3.63, 3.8) is 0 Å². The highest BCUT2D eigenvalue weighted by molar-refractivity contribution is 5.83. The molecule has 0 N–H and O–H groups in total. The monoisotopic (exact) mass is 255 g/mol. The van der Waals surface area contributed by atoms with Crippen molar-refractivity contribution in [2.75, 3.05) is 6.54 Å². The predicted molar refractivity (Wildman–Crippen MR) is 80.2 cm³/mol. The van der Waals surface area contributed by atoms with Crippen LogP contribution >= 0.6 is 0 Å². The molecule has 0 unspecified atom stereocenters.